The topological polar surface area (TPSA) is 47.0 Å². The van der Waals surface area contributed by atoms with Crippen molar-refractivity contribution in [2.24, 2.45) is 0 Å². The number of hydrogen-bond donors (Lipinski definition) is 1. The Hall–Kier alpha value is -1.00. The van der Waals surface area contributed by atoms with E-state index in [0.717, 1.165) is 44.2 Å². The second-order valence-corrected chi connectivity index (χ2v) is 3.38. The van der Waals surface area contributed by atoms with Crippen LogP contribution in [0.4, 0.5) is 0 Å². The van der Waals surface area contributed by atoms with Gasteiger partial charge in [-0.15, -0.1) is 0 Å². The van der Waals surface area contributed by atoms with E-state index < -0.39 is 0 Å². The SMILES string of the molecule is CCCOCCNCc1ccnc(C)n1. The lowest BCUT2D eigenvalue weighted by Gasteiger charge is -2.05. The molecule has 0 amide bonds. The van der Waals surface area contributed by atoms with Crippen LogP contribution in [-0.4, -0.2) is 29.7 Å². The maximum atomic E-state index is 5.35. The van der Waals surface area contributed by atoms with Gasteiger partial charge in [0.25, 0.3) is 0 Å². The summed E-state index contributed by atoms with van der Waals surface area (Å²) in [4.78, 5) is 8.34. The van der Waals surface area contributed by atoms with Crippen molar-refractivity contribution in [1.82, 2.24) is 15.3 Å². The molecule has 1 rings (SSSR count). The van der Waals surface area contributed by atoms with Crippen molar-refractivity contribution in [3.63, 3.8) is 0 Å². The van der Waals surface area contributed by atoms with Crippen LogP contribution >= 0.6 is 0 Å². The van der Waals surface area contributed by atoms with E-state index in [2.05, 4.69) is 22.2 Å². The molecule has 0 aliphatic carbocycles. The zero-order valence-electron chi connectivity index (χ0n) is 9.49. The first-order valence-electron chi connectivity index (χ1n) is 5.40. The molecular weight excluding hydrogens is 190 g/mol. The number of ether oxygens (including phenoxy) is 1. The molecule has 1 N–H and O–H groups in total. The zero-order chi connectivity index (χ0) is 10.9. The van der Waals surface area contributed by atoms with E-state index in [9.17, 15) is 0 Å². The van der Waals surface area contributed by atoms with Crippen LogP contribution in [0, 0.1) is 6.92 Å². The molecule has 0 aliphatic heterocycles. The summed E-state index contributed by atoms with van der Waals surface area (Å²) in [5.41, 5.74) is 1.03. The molecule has 15 heavy (non-hydrogen) atoms. The molecule has 1 aromatic heterocycles. The monoisotopic (exact) mass is 209 g/mol. The van der Waals surface area contributed by atoms with Crippen LogP contribution < -0.4 is 5.32 Å². The fourth-order valence-electron chi connectivity index (χ4n) is 1.21. The predicted octanol–water partition coefficient (Wildman–Crippen LogP) is 1.30. The van der Waals surface area contributed by atoms with Gasteiger partial charge in [0.1, 0.15) is 5.82 Å². The second kappa shape index (κ2) is 7.31. The van der Waals surface area contributed by atoms with Crippen molar-refractivity contribution >= 4 is 0 Å². The first-order chi connectivity index (χ1) is 7.33. The number of aromatic nitrogens is 2. The number of hydrogen-bond acceptors (Lipinski definition) is 4. The standard InChI is InChI=1S/C11H19N3O/c1-3-7-15-8-6-12-9-11-4-5-13-10(2)14-11/h4-5,12H,3,6-9H2,1-2H3. The Morgan fingerprint density at radius 2 is 2.27 bits per heavy atom. The van der Waals surface area contributed by atoms with Crippen molar-refractivity contribution in [1.29, 1.82) is 0 Å². The molecule has 1 aromatic rings. The van der Waals surface area contributed by atoms with Crippen molar-refractivity contribution < 1.29 is 4.74 Å². The summed E-state index contributed by atoms with van der Waals surface area (Å²) in [6, 6.07) is 1.92. The lowest BCUT2D eigenvalue weighted by Crippen LogP contribution is -2.20. The van der Waals surface area contributed by atoms with Crippen LogP contribution in [-0.2, 0) is 11.3 Å². The molecule has 0 aromatic carbocycles. The Kier molecular flexibility index (Phi) is 5.88. The van der Waals surface area contributed by atoms with Crippen LogP contribution in [0.1, 0.15) is 24.9 Å². The van der Waals surface area contributed by atoms with Gasteiger partial charge in [0, 0.05) is 25.9 Å². The molecular formula is C11H19N3O. The van der Waals surface area contributed by atoms with Gasteiger partial charge in [-0.3, -0.25) is 0 Å². The Balaban J connectivity index is 2.10. The minimum Gasteiger partial charge on any atom is -0.380 e. The highest BCUT2D eigenvalue weighted by Gasteiger charge is 1.94. The van der Waals surface area contributed by atoms with E-state index in [1.54, 1.807) is 6.20 Å². The van der Waals surface area contributed by atoms with Gasteiger partial charge in [-0.05, 0) is 19.4 Å². The molecule has 0 fully saturated rings. The van der Waals surface area contributed by atoms with E-state index >= 15 is 0 Å². The number of nitrogens with zero attached hydrogens (tertiary/aromatic N) is 2. The molecule has 0 saturated carbocycles. The molecule has 0 atom stereocenters. The minimum absolute atomic E-state index is 0.762. The maximum Gasteiger partial charge on any atom is 0.125 e. The zero-order valence-corrected chi connectivity index (χ0v) is 9.49. The largest absolute Gasteiger partial charge is 0.380 e. The normalized spacial score (nSPS) is 10.5. The van der Waals surface area contributed by atoms with Gasteiger partial charge in [-0.2, -0.15) is 0 Å². The highest BCUT2D eigenvalue weighted by Crippen LogP contribution is 1.93. The smallest absolute Gasteiger partial charge is 0.125 e. The molecule has 0 aliphatic rings. The first kappa shape index (κ1) is 12.1. The van der Waals surface area contributed by atoms with Crippen LogP contribution in [0.2, 0.25) is 0 Å². The second-order valence-electron chi connectivity index (χ2n) is 3.38. The maximum absolute atomic E-state index is 5.35. The van der Waals surface area contributed by atoms with Crippen molar-refractivity contribution in [2.75, 3.05) is 19.8 Å². The molecule has 4 nitrogen and oxygen atoms in total. The third kappa shape index (κ3) is 5.44. The fourth-order valence-corrected chi connectivity index (χ4v) is 1.21. The van der Waals surface area contributed by atoms with Crippen LogP contribution in [0.3, 0.4) is 0 Å². The molecule has 0 radical (unpaired) electrons. The average molecular weight is 209 g/mol. The average Bonchev–Trinajstić information content (AvgIpc) is 2.23. The summed E-state index contributed by atoms with van der Waals surface area (Å²) < 4.78 is 5.35. The summed E-state index contributed by atoms with van der Waals surface area (Å²) in [7, 11) is 0. The number of aryl methyl sites for hydroxylation is 1. The summed E-state index contributed by atoms with van der Waals surface area (Å²) >= 11 is 0. The van der Waals surface area contributed by atoms with E-state index in [0.29, 0.717) is 0 Å². The van der Waals surface area contributed by atoms with Crippen LogP contribution in [0.15, 0.2) is 12.3 Å². The van der Waals surface area contributed by atoms with E-state index in [1.165, 1.54) is 0 Å². The van der Waals surface area contributed by atoms with E-state index in [-0.39, 0.29) is 0 Å². The van der Waals surface area contributed by atoms with Crippen LogP contribution in [0.5, 0.6) is 0 Å². The third-order valence-electron chi connectivity index (χ3n) is 1.91. The molecule has 0 saturated heterocycles. The summed E-state index contributed by atoms with van der Waals surface area (Å²) in [5.74, 6) is 0.816. The highest BCUT2D eigenvalue weighted by atomic mass is 16.5. The summed E-state index contributed by atoms with van der Waals surface area (Å²) in [5, 5.41) is 3.27. The first-order valence-corrected chi connectivity index (χ1v) is 5.40. The van der Waals surface area contributed by atoms with Gasteiger partial charge < -0.3 is 10.1 Å². The predicted molar refractivity (Wildman–Crippen MR) is 59.6 cm³/mol. The van der Waals surface area contributed by atoms with E-state index in [1.807, 2.05) is 13.0 Å². The van der Waals surface area contributed by atoms with Gasteiger partial charge in [-0.1, -0.05) is 6.92 Å². The van der Waals surface area contributed by atoms with Crippen molar-refractivity contribution in [3.05, 3.63) is 23.8 Å². The van der Waals surface area contributed by atoms with Crippen molar-refractivity contribution in [3.8, 4) is 0 Å². The Labute approximate surface area is 91.1 Å². The molecule has 0 bridgehead atoms. The lowest BCUT2D eigenvalue weighted by atomic mass is 10.4. The van der Waals surface area contributed by atoms with Crippen LogP contribution in [0.25, 0.3) is 0 Å². The summed E-state index contributed by atoms with van der Waals surface area (Å²) in [6.07, 6.45) is 2.86. The Bertz CT molecular complexity index is 278. The van der Waals surface area contributed by atoms with Gasteiger partial charge in [-0.25, -0.2) is 9.97 Å². The van der Waals surface area contributed by atoms with Gasteiger partial charge in [0.15, 0.2) is 0 Å². The number of rotatable bonds is 7. The lowest BCUT2D eigenvalue weighted by molar-refractivity contribution is 0.136. The highest BCUT2D eigenvalue weighted by molar-refractivity contribution is 5.00. The quantitative estimate of drug-likeness (QED) is 0.688. The Morgan fingerprint density at radius 1 is 1.40 bits per heavy atom. The fraction of sp³-hybridized carbons (Fsp3) is 0.636. The molecule has 0 spiro atoms. The van der Waals surface area contributed by atoms with E-state index in [4.69, 9.17) is 4.74 Å². The third-order valence-corrected chi connectivity index (χ3v) is 1.91. The molecule has 1 heterocycles. The molecule has 0 unspecified atom stereocenters. The van der Waals surface area contributed by atoms with Gasteiger partial charge >= 0.3 is 0 Å². The number of nitrogens with one attached hydrogen (secondary N) is 1. The summed E-state index contributed by atoms with van der Waals surface area (Å²) in [6.45, 7) is 7.25. The molecule has 84 valence electrons. The Morgan fingerprint density at radius 3 is 3.00 bits per heavy atom. The minimum atomic E-state index is 0.762. The molecule has 4 heteroatoms. The van der Waals surface area contributed by atoms with Gasteiger partial charge in [0.2, 0.25) is 0 Å². The van der Waals surface area contributed by atoms with Crippen molar-refractivity contribution in [2.45, 2.75) is 26.8 Å². The van der Waals surface area contributed by atoms with Gasteiger partial charge in [0.05, 0.1) is 12.3 Å².